The molecule has 1 heterocycles. The normalized spacial score (nSPS) is 10.1. The van der Waals surface area contributed by atoms with Crippen LogP contribution in [-0.4, -0.2) is 23.0 Å². The highest BCUT2D eigenvalue weighted by atomic mass is 35.5. The first-order valence-corrected chi connectivity index (χ1v) is 6.37. The summed E-state index contributed by atoms with van der Waals surface area (Å²) in [5.74, 6) is -0.401. The van der Waals surface area contributed by atoms with E-state index in [1.165, 1.54) is 31.4 Å². The zero-order valence-corrected chi connectivity index (χ0v) is 11.6. The second-order valence-electron chi connectivity index (χ2n) is 3.45. The fourth-order valence-electron chi connectivity index (χ4n) is 1.31. The monoisotopic (exact) mass is 314 g/mol. The SMILES string of the molecule is COC(=O)c1sc(Oc2cccc([N+](=O)[O-])c2)nc1Cl. The molecular weight excluding hydrogens is 308 g/mol. The summed E-state index contributed by atoms with van der Waals surface area (Å²) in [7, 11) is 1.22. The van der Waals surface area contributed by atoms with Gasteiger partial charge >= 0.3 is 5.97 Å². The second-order valence-corrected chi connectivity index (χ2v) is 4.77. The van der Waals surface area contributed by atoms with Gasteiger partial charge in [0.25, 0.3) is 10.9 Å². The van der Waals surface area contributed by atoms with E-state index in [9.17, 15) is 14.9 Å². The number of ether oxygens (including phenoxy) is 2. The third-order valence-electron chi connectivity index (χ3n) is 2.17. The van der Waals surface area contributed by atoms with Gasteiger partial charge in [-0.1, -0.05) is 29.0 Å². The van der Waals surface area contributed by atoms with E-state index in [1.54, 1.807) is 0 Å². The molecule has 2 aromatic rings. The number of thiazole rings is 1. The molecule has 1 aromatic carbocycles. The van der Waals surface area contributed by atoms with Gasteiger partial charge in [0.15, 0.2) is 10.0 Å². The molecule has 0 bridgehead atoms. The first kappa shape index (κ1) is 14.2. The van der Waals surface area contributed by atoms with Gasteiger partial charge in [0.2, 0.25) is 0 Å². The molecule has 20 heavy (non-hydrogen) atoms. The highest BCUT2D eigenvalue weighted by molar-refractivity contribution is 7.15. The molecule has 0 saturated carbocycles. The molecule has 2 rings (SSSR count). The quantitative estimate of drug-likeness (QED) is 0.488. The van der Waals surface area contributed by atoms with Crippen molar-refractivity contribution in [3.8, 4) is 10.9 Å². The Labute approximate surface area is 121 Å². The molecule has 9 heteroatoms. The summed E-state index contributed by atoms with van der Waals surface area (Å²) >= 11 is 6.67. The first-order valence-electron chi connectivity index (χ1n) is 5.18. The number of aromatic nitrogens is 1. The van der Waals surface area contributed by atoms with Crippen molar-refractivity contribution >= 4 is 34.6 Å². The maximum absolute atomic E-state index is 11.4. The predicted octanol–water partition coefficient (Wildman–Crippen LogP) is 3.28. The number of carbonyl (C=O) groups excluding carboxylic acids is 1. The third kappa shape index (κ3) is 3.03. The lowest BCUT2D eigenvalue weighted by molar-refractivity contribution is -0.384. The molecule has 104 valence electrons. The summed E-state index contributed by atoms with van der Waals surface area (Å²) in [4.78, 5) is 25.4. The number of rotatable bonds is 4. The fourth-order valence-corrected chi connectivity index (χ4v) is 2.37. The Hall–Kier alpha value is -2.19. The van der Waals surface area contributed by atoms with Crippen LogP contribution >= 0.6 is 22.9 Å². The summed E-state index contributed by atoms with van der Waals surface area (Å²) in [5, 5.41) is 10.7. The van der Waals surface area contributed by atoms with E-state index < -0.39 is 10.9 Å². The number of nitrogens with zero attached hydrogens (tertiary/aromatic N) is 2. The molecule has 0 atom stereocenters. The number of benzene rings is 1. The molecule has 0 fully saturated rings. The largest absolute Gasteiger partial charge is 0.465 e. The number of nitro groups is 1. The van der Waals surface area contributed by atoms with Gasteiger partial charge in [-0.25, -0.2) is 4.79 Å². The lowest BCUT2D eigenvalue weighted by atomic mass is 10.3. The van der Waals surface area contributed by atoms with Crippen LogP contribution in [0.3, 0.4) is 0 Å². The van der Waals surface area contributed by atoms with Crippen LogP contribution in [0.15, 0.2) is 24.3 Å². The Kier molecular flexibility index (Phi) is 4.16. The molecule has 0 spiro atoms. The van der Waals surface area contributed by atoms with Crippen molar-refractivity contribution in [1.82, 2.24) is 4.98 Å². The lowest BCUT2D eigenvalue weighted by Crippen LogP contribution is -1.98. The molecule has 0 aliphatic carbocycles. The van der Waals surface area contributed by atoms with Gasteiger partial charge in [0.05, 0.1) is 18.1 Å². The van der Waals surface area contributed by atoms with Gasteiger partial charge in [-0.3, -0.25) is 10.1 Å². The van der Waals surface area contributed by atoms with E-state index in [2.05, 4.69) is 9.72 Å². The average molecular weight is 315 g/mol. The van der Waals surface area contributed by atoms with E-state index in [1.807, 2.05) is 0 Å². The van der Waals surface area contributed by atoms with Crippen LogP contribution in [0.2, 0.25) is 5.15 Å². The highest BCUT2D eigenvalue weighted by Crippen LogP contribution is 2.33. The number of hydrogen-bond acceptors (Lipinski definition) is 7. The minimum atomic E-state index is -0.624. The zero-order valence-electron chi connectivity index (χ0n) is 10.0. The Morgan fingerprint density at radius 3 is 2.90 bits per heavy atom. The molecule has 0 saturated heterocycles. The molecule has 1 aromatic heterocycles. The van der Waals surface area contributed by atoms with Gasteiger partial charge in [0, 0.05) is 6.07 Å². The molecule has 0 aliphatic heterocycles. The van der Waals surface area contributed by atoms with Crippen LogP contribution < -0.4 is 4.74 Å². The van der Waals surface area contributed by atoms with Crippen LogP contribution in [0.1, 0.15) is 9.67 Å². The van der Waals surface area contributed by atoms with Crippen molar-refractivity contribution in [2.75, 3.05) is 7.11 Å². The minimum absolute atomic E-state index is 0.0396. The molecule has 0 radical (unpaired) electrons. The van der Waals surface area contributed by atoms with Gasteiger partial charge in [-0.05, 0) is 6.07 Å². The first-order chi connectivity index (χ1) is 9.51. The van der Waals surface area contributed by atoms with E-state index in [-0.39, 0.29) is 26.7 Å². The summed E-state index contributed by atoms with van der Waals surface area (Å²) in [6.45, 7) is 0. The standard InChI is InChI=1S/C11H7ClN2O5S/c1-18-10(15)8-9(12)13-11(20-8)19-7-4-2-3-6(5-7)14(16)17/h2-5H,1H3. The predicted molar refractivity (Wildman–Crippen MR) is 71.6 cm³/mol. The molecule has 0 aliphatic rings. The van der Waals surface area contributed by atoms with Crippen LogP contribution in [0.4, 0.5) is 5.69 Å². The third-order valence-corrected chi connectivity index (χ3v) is 3.47. The lowest BCUT2D eigenvalue weighted by Gasteiger charge is -2.00. The van der Waals surface area contributed by atoms with Gasteiger partial charge in [0.1, 0.15) is 5.75 Å². The summed E-state index contributed by atoms with van der Waals surface area (Å²) < 4.78 is 9.87. The molecule has 0 N–H and O–H groups in total. The van der Waals surface area contributed by atoms with Crippen molar-refractivity contribution < 1.29 is 19.2 Å². The average Bonchev–Trinajstić information content (AvgIpc) is 2.79. The van der Waals surface area contributed by atoms with E-state index in [0.29, 0.717) is 0 Å². The fraction of sp³-hybridized carbons (Fsp3) is 0.0909. The van der Waals surface area contributed by atoms with Gasteiger partial charge < -0.3 is 9.47 Å². The number of carbonyl (C=O) groups is 1. The van der Waals surface area contributed by atoms with Crippen LogP contribution in [0, 0.1) is 10.1 Å². The van der Waals surface area contributed by atoms with Crippen molar-refractivity contribution in [2.45, 2.75) is 0 Å². The van der Waals surface area contributed by atoms with Crippen LogP contribution in [0.25, 0.3) is 0 Å². The minimum Gasteiger partial charge on any atom is -0.465 e. The molecule has 0 amide bonds. The van der Waals surface area contributed by atoms with Crippen molar-refractivity contribution in [3.05, 3.63) is 44.4 Å². The number of esters is 1. The van der Waals surface area contributed by atoms with E-state index in [4.69, 9.17) is 16.3 Å². The summed E-state index contributed by atoms with van der Waals surface area (Å²) in [5.41, 5.74) is -0.113. The smallest absolute Gasteiger partial charge is 0.351 e. The highest BCUT2D eigenvalue weighted by Gasteiger charge is 2.19. The molecule has 0 unspecified atom stereocenters. The van der Waals surface area contributed by atoms with Gasteiger partial charge in [-0.2, -0.15) is 4.98 Å². The van der Waals surface area contributed by atoms with Crippen molar-refractivity contribution in [3.63, 3.8) is 0 Å². The van der Waals surface area contributed by atoms with E-state index >= 15 is 0 Å². The Morgan fingerprint density at radius 1 is 1.50 bits per heavy atom. The Morgan fingerprint density at radius 2 is 2.25 bits per heavy atom. The Bertz CT molecular complexity index is 673. The number of non-ortho nitro benzene ring substituents is 1. The maximum atomic E-state index is 11.4. The van der Waals surface area contributed by atoms with Crippen LogP contribution in [0.5, 0.6) is 10.9 Å². The Balaban J connectivity index is 2.24. The topological polar surface area (TPSA) is 91.6 Å². The number of halogens is 1. The number of hydrogen-bond donors (Lipinski definition) is 0. The number of methoxy groups -OCH3 is 1. The zero-order chi connectivity index (χ0) is 14.7. The summed E-state index contributed by atoms with van der Waals surface area (Å²) in [6.07, 6.45) is 0. The second kappa shape index (κ2) is 5.85. The maximum Gasteiger partial charge on any atom is 0.351 e. The van der Waals surface area contributed by atoms with Crippen LogP contribution in [-0.2, 0) is 4.74 Å². The van der Waals surface area contributed by atoms with Crippen molar-refractivity contribution in [2.24, 2.45) is 0 Å². The van der Waals surface area contributed by atoms with E-state index in [0.717, 1.165) is 11.3 Å². The van der Waals surface area contributed by atoms with Gasteiger partial charge in [-0.15, -0.1) is 0 Å². The number of nitro benzene ring substituents is 1. The summed E-state index contributed by atoms with van der Waals surface area (Å²) in [6, 6.07) is 5.58. The van der Waals surface area contributed by atoms with Crippen molar-refractivity contribution in [1.29, 1.82) is 0 Å². The molecular formula is C11H7ClN2O5S. The molecule has 7 nitrogen and oxygen atoms in total.